The topological polar surface area (TPSA) is 115 Å². The van der Waals surface area contributed by atoms with Crippen LogP contribution in [0.15, 0.2) is 26.6 Å². The molecular weight excluding hydrogens is 258 g/mol. The maximum atomic E-state index is 10.7. The van der Waals surface area contributed by atoms with E-state index in [2.05, 4.69) is 25.3 Å². The van der Waals surface area contributed by atoms with Crippen LogP contribution in [-0.2, 0) is 23.9 Å². The number of hydrogen-bond acceptors (Lipinski definition) is 8. The molecule has 0 saturated heterocycles. The van der Waals surface area contributed by atoms with Gasteiger partial charge in [-0.15, -0.1) is 0 Å². The molecule has 0 heterocycles. The second-order valence-electron chi connectivity index (χ2n) is 2.86. The average Bonchev–Trinajstić information content (AvgIpc) is 2.35. The Labute approximate surface area is 103 Å². The largest absolute Gasteiger partial charge is 0.467 e. The highest BCUT2D eigenvalue weighted by Gasteiger charge is 2.35. The molecule has 0 unspecified atom stereocenters. The highest BCUT2D eigenvalue weighted by Crippen LogP contribution is 2.16. The zero-order chi connectivity index (χ0) is 13.9. The molecule has 8 nitrogen and oxygen atoms in total. The normalized spacial score (nSPS) is 11.8. The Balaban J connectivity index is 4.65. The van der Waals surface area contributed by atoms with E-state index in [1.165, 1.54) is 18.2 Å². The van der Waals surface area contributed by atoms with E-state index in [-0.39, 0.29) is 19.1 Å². The Morgan fingerprint density at radius 2 is 1.67 bits per heavy atom. The van der Waals surface area contributed by atoms with E-state index in [0.29, 0.717) is 0 Å². The molecule has 0 aliphatic carbocycles. The van der Waals surface area contributed by atoms with E-state index < -0.39 is 14.5 Å². The van der Waals surface area contributed by atoms with Crippen molar-refractivity contribution in [2.75, 3.05) is 6.61 Å². The minimum Gasteiger partial charge on any atom is -0.463 e. The van der Waals surface area contributed by atoms with Gasteiger partial charge < -0.3 is 4.74 Å². The monoisotopic (exact) mass is 267 g/mol. The number of carbonyl (C=O) groups excluding carboxylic acids is 4. The molecule has 0 rings (SSSR count). The molecule has 18 heavy (non-hydrogen) atoms. The number of hydrogen-bond donors (Lipinski definition) is 0. The van der Waals surface area contributed by atoms with E-state index in [0.717, 1.165) is 6.08 Å². The van der Waals surface area contributed by atoms with Crippen molar-refractivity contribution in [3.05, 3.63) is 12.7 Å². The summed E-state index contributed by atoms with van der Waals surface area (Å²) in [5.74, 6) is -0.612. The van der Waals surface area contributed by atoms with Crippen LogP contribution < -0.4 is 0 Å². The zero-order valence-electron chi connectivity index (χ0n) is 9.29. The number of ether oxygens (including phenoxy) is 1. The van der Waals surface area contributed by atoms with Crippen LogP contribution in [0.4, 0.5) is 0 Å². The average molecular weight is 267 g/mol. The fraction of sp³-hybridized carbons (Fsp3) is 0.333. The van der Waals surface area contributed by atoms with Crippen molar-refractivity contribution >= 4 is 32.8 Å². The van der Waals surface area contributed by atoms with Crippen LogP contribution in [-0.4, -0.2) is 39.4 Å². The van der Waals surface area contributed by atoms with Gasteiger partial charge in [0.1, 0.15) is 0 Å². The molecule has 0 atom stereocenters. The van der Waals surface area contributed by atoms with Crippen molar-refractivity contribution in [1.82, 2.24) is 0 Å². The van der Waals surface area contributed by atoms with Crippen molar-refractivity contribution in [3.8, 4) is 0 Å². The SMILES string of the molecule is C=CC(=O)OCCC[Si](N=C=O)(N=C=O)N=C=O. The molecule has 94 valence electrons. The predicted octanol–water partition coefficient (Wildman–Crippen LogP) is 0.0520. The fourth-order valence-corrected chi connectivity index (χ4v) is 2.55. The summed E-state index contributed by atoms with van der Waals surface area (Å²) >= 11 is 0. The molecule has 0 saturated carbocycles. The van der Waals surface area contributed by atoms with Gasteiger partial charge in [-0.05, 0) is 6.42 Å². The molecule has 0 spiro atoms. The third-order valence-electron chi connectivity index (χ3n) is 1.74. The Morgan fingerprint density at radius 1 is 1.17 bits per heavy atom. The van der Waals surface area contributed by atoms with Crippen molar-refractivity contribution in [3.63, 3.8) is 0 Å². The Bertz CT molecular complexity index is 413. The van der Waals surface area contributed by atoms with Crippen LogP contribution in [0.1, 0.15) is 6.42 Å². The van der Waals surface area contributed by atoms with E-state index in [1.807, 2.05) is 0 Å². The number of carbonyl (C=O) groups is 1. The standard InChI is InChI=1S/C9H9N3O5Si/c1-2-9(16)17-4-3-5-18(10-6-13,11-7-14)12-8-15/h2H,1,3-5H2. The number of rotatable bonds is 8. The van der Waals surface area contributed by atoms with Gasteiger partial charge in [0.2, 0.25) is 18.2 Å². The van der Waals surface area contributed by atoms with Gasteiger partial charge in [-0.3, -0.25) is 0 Å². The Morgan fingerprint density at radius 3 is 2.06 bits per heavy atom. The van der Waals surface area contributed by atoms with Gasteiger partial charge >= 0.3 is 14.5 Å². The fourth-order valence-electron chi connectivity index (χ4n) is 1.00. The quantitative estimate of drug-likeness (QED) is 0.154. The van der Waals surface area contributed by atoms with Crippen LogP contribution >= 0.6 is 0 Å². The molecule has 0 bridgehead atoms. The third kappa shape index (κ3) is 5.60. The van der Waals surface area contributed by atoms with Crippen LogP contribution in [0.3, 0.4) is 0 Å². The van der Waals surface area contributed by atoms with Crippen LogP contribution in [0.25, 0.3) is 0 Å². The van der Waals surface area contributed by atoms with Crippen LogP contribution in [0.2, 0.25) is 6.04 Å². The smallest absolute Gasteiger partial charge is 0.463 e. The van der Waals surface area contributed by atoms with Gasteiger partial charge in [0.05, 0.1) is 6.61 Å². The molecule has 0 aromatic carbocycles. The number of isocyanates is 3. The molecule has 9 heteroatoms. The lowest BCUT2D eigenvalue weighted by molar-refractivity contribution is -0.137. The first-order valence-electron chi connectivity index (χ1n) is 4.70. The predicted molar refractivity (Wildman–Crippen MR) is 60.7 cm³/mol. The summed E-state index contributed by atoms with van der Waals surface area (Å²) < 4.78 is 14.5. The first kappa shape index (κ1) is 15.6. The molecule has 0 radical (unpaired) electrons. The molecule has 0 fully saturated rings. The van der Waals surface area contributed by atoms with Gasteiger partial charge in [0.25, 0.3) is 0 Å². The summed E-state index contributed by atoms with van der Waals surface area (Å²) in [6.07, 6.45) is 4.82. The van der Waals surface area contributed by atoms with E-state index in [4.69, 9.17) is 0 Å². The van der Waals surface area contributed by atoms with Crippen LogP contribution in [0.5, 0.6) is 0 Å². The maximum absolute atomic E-state index is 10.7. The summed E-state index contributed by atoms with van der Waals surface area (Å²) in [7, 11) is -3.49. The van der Waals surface area contributed by atoms with Gasteiger partial charge in [-0.2, -0.15) is 14.0 Å². The summed E-state index contributed by atoms with van der Waals surface area (Å²) in [5.41, 5.74) is 0. The summed E-state index contributed by atoms with van der Waals surface area (Å²) in [6, 6.07) is 0.0249. The van der Waals surface area contributed by atoms with E-state index in [1.54, 1.807) is 0 Å². The maximum Gasteiger partial charge on any atom is 0.467 e. The lowest BCUT2D eigenvalue weighted by atomic mass is 10.5. The molecular formula is C9H9N3O5Si. The minimum atomic E-state index is -3.49. The van der Waals surface area contributed by atoms with Gasteiger partial charge in [-0.25, -0.2) is 19.2 Å². The second kappa shape index (κ2) is 8.69. The van der Waals surface area contributed by atoms with E-state index >= 15 is 0 Å². The second-order valence-corrected chi connectivity index (χ2v) is 5.58. The zero-order valence-corrected chi connectivity index (χ0v) is 10.3. The molecule has 0 N–H and O–H groups in total. The molecule has 0 aliphatic heterocycles. The summed E-state index contributed by atoms with van der Waals surface area (Å²) in [5, 5.41) is 0. The molecule has 0 aliphatic rings. The first-order chi connectivity index (χ1) is 8.64. The van der Waals surface area contributed by atoms with Gasteiger partial charge in [0, 0.05) is 12.1 Å². The Kier molecular flexibility index (Phi) is 7.51. The summed E-state index contributed by atoms with van der Waals surface area (Å²) in [4.78, 5) is 41.4. The lowest BCUT2D eigenvalue weighted by Crippen LogP contribution is -2.28. The number of esters is 1. The van der Waals surface area contributed by atoms with Gasteiger partial charge in [0.15, 0.2) is 0 Å². The summed E-state index contributed by atoms with van der Waals surface area (Å²) in [6.45, 7) is 3.20. The van der Waals surface area contributed by atoms with Crippen molar-refractivity contribution in [1.29, 1.82) is 0 Å². The first-order valence-corrected chi connectivity index (χ1v) is 6.75. The van der Waals surface area contributed by atoms with E-state index in [9.17, 15) is 19.2 Å². The lowest BCUT2D eigenvalue weighted by Gasteiger charge is -2.10. The van der Waals surface area contributed by atoms with Crippen molar-refractivity contribution in [2.24, 2.45) is 14.0 Å². The molecule has 0 aromatic heterocycles. The van der Waals surface area contributed by atoms with Crippen molar-refractivity contribution < 1.29 is 23.9 Å². The minimum absolute atomic E-state index is 0.00324. The highest BCUT2D eigenvalue weighted by atomic mass is 28.4. The highest BCUT2D eigenvalue weighted by molar-refractivity contribution is 6.76. The van der Waals surface area contributed by atoms with Crippen molar-refractivity contribution in [2.45, 2.75) is 12.5 Å². The van der Waals surface area contributed by atoms with Gasteiger partial charge in [-0.1, -0.05) is 6.58 Å². The Hall–Kier alpha value is -2.43. The number of nitrogens with zero attached hydrogens (tertiary/aromatic N) is 3. The van der Waals surface area contributed by atoms with Crippen LogP contribution in [0, 0.1) is 0 Å². The molecule has 0 amide bonds. The molecule has 0 aromatic rings. The third-order valence-corrected chi connectivity index (χ3v) is 4.11.